The van der Waals surface area contributed by atoms with E-state index in [1.807, 2.05) is 18.2 Å². The van der Waals surface area contributed by atoms with Gasteiger partial charge in [-0.1, -0.05) is 6.92 Å². The van der Waals surface area contributed by atoms with E-state index in [9.17, 15) is 4.79 Å². The number of hydrogen-bond acceptors (Lipinski definition) is 3. The van der Waals surface area contributed by atoms with Gasteiger partial charge in [0, 0.05) is 17.5 Å². The van der Waals surface area contributed by atoms with Crippen molar-refractivity contribution in [1.82, 2.24) is 4.98 Å². The van der Waals surface area contributed by atoms with Gasteiger partial charge in [0.15, 0.2) is 0 Å². The van der Waals surface area contributed by atoms with Crippen LogP contribution in [0.5, 0.6) is 0 Å². The second-order valence-corrected chi connectivity index (χ2v) is 4.77. The molecule has 1 aromatic carbocycles. The molecule has 1 atom stereocenters. The average molecular weight is 255 g/mol. The Morgan fingerprint density at radius 3 is 3.19 bits per heavy atom. The van der Waals surface area contributed by atoms with Gasteiger partial charge in [-0.05, 0) is 18.2 Å². The highest BCUT2D eigenvalue weighted by molar-refractivity contribution is 7.16. The molecule has 16 heavy (non-hydrogen) atoms. The third-order valence-corrected chi connectivity index (χ3v) is 3.53. The Kier molecular flexibility index (Phi) is 3.41. The van der Waals surface area contributed by atoms with E-state index < -0.39 is 0 Å². The van der Waals surface area contributed by atoms with Crippen LogP contribution in [-0.4, -0.2) is 16.8 Å². The molecule has 0 saturated heterocycles. The van der Waals surface area contributed by atoms with Crippen LogP contribution in [0.2, 0.25) is 0 Å². The van der Waals surface area contributed by atoms with Crippen LogP contribution < -0.4 is 5.32 Å². The Balaban J connectivity index is 2.17. The van der Waals surface area contributed by atoms with Gasteiger partial charge in [-0.25, -0.2) is 4.98 Å². The van der Waals surface area contributed by atoms with E-state index in [4.69, 9.17) is 11.6 Å². The van der Waals surface area contributed by atoms with Crippen molar-refractivity contribution in [2.75, 3.05) is 11.2 Å². The molecular formula is C11H11ClN2OS. The number of amides is 1. The van der Waals surface area contributed by atoms with Crippen LogP contribution in [-0.2, 0) is 4.79 Å². The number of nitrogens with zero attached hydrogens (tertiary/aromatic N) is 1. The van der Waals surface area contributed by atoms with E-state index in [1.165, 1.54) is 0 Å². The largest absolute Gasteiger partial charge is 0.326 e. The van der Waals surface area contributed by atoms with E-state index >= 15 is 0 Å². The van der Waals surface area contributed by atoms with Gasteiger partial charge in [-0.2, -0.15) is 0 Å². The quantitative estimate of drug-likeness (QED) is 0.856. The summed E-state index contributed by atoms with van der Waals surface area (Å²) in [6, 6.07) is 5.67. The third kappa shape index (κ3) is 2.33. The highest BCUT2D eigenvalue weighted by atomic mass is 35.5. The van der Waals surface area contributed by atoms with Crippen molar-refractivity contribution in [3.63, 3.8) is 0 Å². The fourth-order valence-corrected chi connectivity index (χ4v) is 2.12. The average Bonchev–Trinajstić information content (AvgIpc) is 2.75. The Morgan fingerprint density at radius 2 is 2.44 bits per heavy atom. The second kappa shape index (κ2) is 4.80. The molecule has 1 aromatic heterocycles. The van der Waals surface area contributed by atoms with Crippen LogP contribution in [0.25, 0.3) is 10.2 Å². The summed E-state index contributed by atoms with van der Waals surface area (Å²) < 4.78 is 1.07. The fourth-order valence-electron chi connectivity index (χ4n) is 1.27. The summed E-state index contributed by atoms with van der Waals surface area (Å²) >= 11 is 7.18. The topological polar surface area (TPSA) is 42.0 Å². The molecular weight excluding hydrogens is 244 g/mol. The zero-order valence-corrected chi connectivity index (χ0v) is 10.3. The van der Waals surface area contributed by atoms with E-state index in [2.05, 4.69) is 10.3 Å². The van der Waals surface area contributed by atoms with Crippen molar-refractivity contribution in [2.45, 2.75) is 6.92 Å². The summed E-state index contributed by atoms with van der Waals surface area (Å²) in [6.07, 6.45) is 0. The number of carbonyl (C=O) groups excluding carboxylic acids is 1. The van der Waals surface area contributed by atoms with Gasteiger partial charge in [-0.3, -0.25) is 4.79 Å². The van der Waals surface area contributed by atoms with Crippen LogP contribution in [0.1, 0.15) is 6.92 Å². The standard InChI is InChI=1S/C11H11ClN2OS/c1-7(5-12)11(15)14-8-2-3-9-10(4-8)16-6-13-9/h2-4,6-7H,5H2,1H3,(H,14,15). The number of nitrogens with one attached hydrogen (secondary N) is 1. The minimum absolute atomic E-state index is 0.0566. The molecule has 0 aliphatic rings. The summed E-state index contributed by atoms with van der Waals surface area (Å²) in [5.41, 5.74) is 3.53. The normalized spacial score (nSPS) is 12.6. The molecule has 0 fully saturated rings. The summed E-state index contributed by atoms with van der Waals surface area (Å²) in [4.78, 5) is 15.8. The van der Waals surface area contributed by atoms with Gasteiger partial charge in [0.05, 0.1) is 15.7 Å². The summed E-state index contributed by atoms with van der Waals surface area (Å²) in [7, 11) is 0. The fraction of sp³-hybridized carbons (Fsp3) is 0.273. The molecule has 0 radical (unpaired) electrons. The first kappa shape index (κ1) is 11.4. The van der Waals surface area contributed by atoms with Gasteiger partial charge < -0.3 is 5.32 Å². The van der Waals surface area contributed by atoms with Gasteiger partial charge in [0.2, 0.25) is 5.91 Å². The Hall–Kier alpha value is -1.13. The number of aromatic nitrogens is 1. The van der Waals surface area contributed by atoms with E-state index in [1.54, 1.807) is 23.8 Å². The molecule has 1 N–H and O–H groups in total. The molecule has 0 aliphatic carbocycles. The van der Waals surface area contributed by atoms with Gasteiger partial charge in [0.1, 0.15) is 0 Å². The van der Waals surface area contributed by atoms with Gasteiger partial charge >= 0.3 is 0 Å². The van der Waals surface area contributed by atoms with Crippen molar-refractivity contribution in [3.8, 4) is 0 Å². The van der Waals surface area contributed by atoms with Crippen molar-refractivity contribution in [3.05, 3.63) is 23.7 Å². The molecule has 3 nitrogen and oxygen atoms in total. The number of fused-ring (bicyclic) bond motifs is 1. The lowest BCUT2D eigenvalue weighted by atomic mass is 10.2. The number of alkyl halides is 1. The summed E-state index contributed by atoms with van der Waals surface area (Å²) in [5, 5.41) is 2.83. The predicted octanol–water partition coefficient (Wildman–Crippen LogP) is 3.11. The molecule has 1 heterocycles. The minimum atomic E-state index is -0.182. The van der Waals surface area contributed by atoms with Crippen LogP contribution in [0.15, 0.2) is 23.7 Å². The number of carbonyl (C=O) groups is 1. The molecule has 84 valence electrons. The second-order valence-electron chi connectivity index (χ2n) is 3.58. The summed E-state index contributed by atoms with van der Waals surface area (Å²) in [6.45, 7) is 1.80. The summed E-state index contributed by atoms with van der Waals surface area (Å²) in [5.74, 6) is 0.0898. The lowest BCUT2D eigenvalue weighted by Crippen LogP contribution is -2.21. The molecule has 1 amide bonds. The number of anilines is 1. The zero-order valence-electron chi connectivity index (χ0n) is 8.74. The van der Waals surface area contributed by atoms with Crippen LogP contribution in [0.3, 0.4) is 0 Å². The molecule has 0 bridgehead atoms. The van der Waals surface area contributed by atoms with Gasteiger partial charge in [-0.15, -0.1) is 22.9 Å². The monoisotopic (exact) mass is 254 g/mol. The highest BCUT2D eigenvalue weighted by Crippen LogP contribution is 2.22. The highest BCUT2D eigenvalue weighted by Gasteiger charge is 2.11. The lowest BCUT2D eigenvalue weighted by molar-refractivity contribution is -0.118. The predicted molar refractivity (Wildman–Crippen MR) is 68.1 cm³/mol. The van der Waals surface area contributed by atoms with Gasteiger partial charge in [0.25, 0.3) is 0 Å². The number of thiazole rings is 1. The molecule has 5 heteroatoms. The molecule has 2 rings (SSSR count). The molecule has 0 aliphatic heterocycles. The van der Waals surface area contributed by atoms with Crippen molar-refractivity contribution in [2.24, 2.45) is 5.92 Å². The van der Waals surface area contributed by atoms with Crippen LogP contribution >= 0.6 is 22.9 Å². The van der Waals surface area contributed by atoms with E-state index in [0.29, 0.717) is 5.88 Å². The van der Waals surface area contributed by atoms with Crippen LogP contribution in [0.4, 0.5) is 5.69 Å². The smallest absolute Gasteiger partial charge is 0.228 e. The van der Waals surface area contributed by atoms with Crippen molar-refractivity contribution in [1.29, 1.82) is 0 Å². The molecule has 1 unspecified atom stereocenters. The van der Waals surface area contributed by atoms with E-state index in [-0.39, 0.29) is 11.8 Å². The van der Waals surface area contributed by atoms with Crippen molar-refractivity contribution >= 4 is 44.7 Å². The number of benzene rings is 1. The van der Waals surface area contributed by atoms with Crippen molar-refractivity contribution < 1.29 is 4.79 Å². The molecule has 0 saturated carbocycles. The third-order valence-electron chi connectivity index (χ3n) is 2.28. The number of halogens is 1. The number of hydrogen-bond donors (Lipinski definition) is 1. The first-order valence-electron chi connectivity index (χ1n) is 4.91. The first-order chi connectivity index (χ1) is 7.70. The maximum absolute atomic E-state index is 11.6. The zero-order chi connectivity index (χ0) is 11.5. The maximum atomic E-state index is 11.6. The molecule has 2 aromatic rings. The number of rotatable bonds is 3. The lowest BCUT2D eigenvalue weighted by Gasteiger charge is -2.08. The van der Waals surface area contributed by atoms with Crippen LogP contribution in [0, 0.1) is 5.92 Å². The maximum Gasteiger partial charge on any atom is 0.228 e. The Labute approximate surface area is 102 Å². The first-order valence-corrected chi connectivity index (χ1v) is 6.32. The minimum Gasteiger partial charge on any atom is -0.326 e. The Morgan fingerprint density at radius 1 is 1.62 bits per heavy atom. The molecule has 0 spiro atoms. The van der Waals surface area contributed by atoms with E-state index in [0.717, 1.165) is 15.9 Å². The Bertz CT molecular complexity index is 511. The SMILES string of the molecule is CC(CCl)C(=O)Nc1ccc2ncsc2c1.